The minimum Gasteiger partial charge on any atom is -0.507 e. The Morgan fingerprint density at radius 3 is 2.62 bits per heavy atom. The Hall–Kier alpha value is -2.16. The highest BCUT2D eigenvalue weighted by Gasteiger charge is 2.07. The summed E-state index contributed by atoms with van der Waals surface area (Å²) in [5.74, 6) is 0.00858. The van der Waals surface area contributed by atoms with Gasteiger partial charge in [-0.25, -0.2) is 0 Å². The molecule has 0 spiro atoms. The van der Waals surface area contributed by atoms with E-state index in [2.05, 4.69) is 4.98 Å². The number of rotatable bonds is 2. The van der Waals surface area contributed by atoms with Gasteiger partial charge in [-0.3, -0.25) is 9.78 Å². The molecular weight excluding hydrogens is 202 g/mol. The van der Waals surface area contributed by atoms with Crippen LogP contribution in [0.1, 0.15) is 17.3 Å². The van der Waals surface area contributed by atoms with E-state index in [0.29, 0.717) is 16.8 Å². The summed E-state index contributed by atoms with van der Waals surface area (Å²) in [7, 11) is 0. The van der Waals surface area contributed by atoms with Gasteiger partial charge in [0.05, 0.1) is 5.69 Å². The highest BCUT2D eigenvalue weighted by atomic mass is 16.3. The molecule has 0 unspecified atom stereocenters. The highest BCUT2D eigenvalue weighted by Crippen LogP contribution is 2.28. The number of phenolic OH excluding ortho intramolecular Hbond substituents is 1. The lowest BCUT2D eigenvalue weighted by molar-refractivity contribution is 0.101. The third-order valence-corrected chi connectivity index (χ3v) is 2.35. The zero-order chi connectivity index (χ0) is 11.5. The average molecular weight is 213 g/mol. The van der Waals surface area contributed by atoms with E-state index in [1.165, 1.54) is 13.0 Å². The first-order valence-electron chi connectivity index (χ1n) is 4.94. The molecule has 80 valence electrons. The van der Waals surface area contributed by atoms with Gasteiger partial charge in [0.25, 0.3) is 0 Å². The lowest BCUT2D eigenvalue weighted by Crippen LogP contribution is -1.92. The highest BCUT2D eigenvalue weighted by molar-refractivity contribution is 5.95. The summed E-state index contributed by atoms with van der Waals surface area (Å²) in [4.78, 5) is 15.3. The fourth-order valence-electron chi connectivity index (χ4n) is 1.49. The first-order valence-corrected chi connectivity index (χ1v) is 4.94. The quantitative estimate of drug-likeness (QED) is 0.780. The zero-order valence-electron chi connectivity index (χ0n) is 8.84. The van der Waals surface area contributed by atoms with E-state index in [0.717, 1.165) is 0 Å². The number of Topliss-reactive ketones (excluding diaryl/α,β-unsaturated/α-hetero) is 1. The second kappa shape index (κ2) is 4.14. The number of pyridine rings is 1. The molecule has 2 rings (SSSR count). The smallest absolute Gasteiger partial charge is 0.159 e. The Morgan fingerprint density at radius 2 is 2.06 bits per heavy atom. The fraction of sp³-hybridized carbons (Fsp3) is 0.0769. The van der Waals surface area contributed by atoms with Crippen LogP contribution in [0.3, 0.4) is 0 Å². The minimum atomic E-state index is -0.0668. The first kappa shape index (κ1) is 10.4. The van der Waals surface area contributed by atoms with Crippen LogP contribution in [0.4, 0.5) is 0 Å². The molecule has 0 amide bonds. The van der Waals surface area contributed by atoms with Gasteiger partial charge in [0, 0.05) is 17.3 Å². The van der Waals surface area contributed by atoms with Crippen LogP contribution in [0.15, 0.2) is 42.6 Å². The van der Waals surface area contributed by atoms with E-state index in [1.807, 2.05) is 18.2 Å². The molecule has 3 nitrogen and oxygen atoms in total. The molecule has 0 aliphatic heterocycles. The van der Waals surface area contributed by atoms with Crippen molar-refractivity contribution in [2.24, 2.45) is 0 Å². The molecule has 1 aromatic carbocycles. The molecule has 1 heterocycles. The van der Waals surface area contributed by atoms with Gasteiger partial charge in [0.1, 0.15) is 5.75 Å². The Labute approximate surface area is 93.4 Å². The Kier molecular flexibility index (Phi) is 2.68. The molecule has 0 radical (unpaired) electrons. The third kappa shape index (κ3) is 1.93. The predicted octanol–water partition coefficient (Wildman–Crippen LogP) is 2.66. The Balaban J connectivity index is 2.48. The number of carbonyl (C=O) groups is 1. The summed E-state index contributed by atoms with van der Waals surface area (Å²) >= 11 is 0. The van der Waals surface area contributed by atoms with E-state index >= 15 is 0 Å². The van der Waals surface area contributed by atoms with Crippen molar-refractivity contribution >= 4 is 5.78 Å². The molecule has 16 heavy (non-hydrogen) atoms. The zero-order valence-corrected chi connectivity index (χ0v) is 8.84. The third-order valence-electron chi connectivity index (χ3n) is 2.35. The van der Waals surface area contributed by atoms with Crippen LogP contribution < -0.4 is 0 Å². The maximum absolute atomic E-state index is 11.1. The van der Waals surface area contributed by atoms with Crippen molar-refractivity contribution in [2.75, 3.05) is 0 Å². The summed E-state index contributed by atoms with van der Waals surface area (Å²) < 4.78 is 0. The minimum absolute atomic E-state index is 0.0668. The summed E-state index contributed by atoms with van der Waals surface area (Å²) in [6.07, 6.45) is 1.66. The SMILES string of the molecule is CC(=O)c1ccc(-c2ccccn2)c(O)c1. The van der Waals surface area contributed by atoms with Crippen molar-refractivity contribution in [1.29, 1.82) is 0 Å². The molecule has 0 bridgehead atoms. The van der Waals surface area contributed by atoms with Crippen LogP contribution in [0, 0.1) is 0 Å². The molecule has 0 atom stereocenters. The van der Waals surface area contributed by atoms with Gasteiger partial charge >= 0.3 is 0 Å². The van der Waals surface area contributed by atoms with Gasteiger partial charge in [-0.1, -0.05) is 12.1 Å². The van der Waals surface area contributed by atoms with Crippen LogP contribution in [-0.4, -0.2) is 15.9 Å². The van der Waals surface area contributed by atoms with E-state index in [-0.39, 0.29) is 11.5 Å². The Bertz CT molecular complexity index is 521. The molecule has 1 N–H and O–H groups in total. The standard InChI is InChI=1S/C13H11NO2/c1-9(15)10-5-6-11(13(16)8-10)12-4-2-3-7-14-12/h2-8,16H,1H3. The maximum atomic E-state index is 11.1. The summed E-state index contributed by atoms with van der Waals surface area (Å²) in [6, 6.07) is 10.3. The normalized spacial score (nSPS) is 10.1. The largest absolute Gasteiger partial charge is 0.507 e. The van der Waals surface area contributed by atoms with Crippen molar-refractivity contribution in [3.05, 3.63) is 48.2 Å². The van der Waals surface area contributed by atoms with Gasteiger partial charge in [-0.15, -0.1) is 0 Å². The van der Waals surface area contributed by atoms with E-state index < -0.39 is 0 Å². The number of ketones is 1. The lowest BCUT2D eigenvalue weighted by atomic mass is 10.1. The second-order valence-corrected chi connectivity index (χ2v) is 3.50. The number of nitrogens with zero attached hydrogens (tertiary/aromatic N) is 1. The van der Waals surface area contributed by atoms with E-state index in [9.17, 15) is 9.90 Å². The van der Waals surface area contributed by atoms with Crippen LogP contribution in [0.25, 0.3) is 11.3 Å². The number of aromatic nitrogens is 1. The molecule has 0 aliphatic rings. The number of carbonyl (C=O) groups excluding carboxylic acids is 1. The van der Waals surface area contributed by atoms with Crippen molar-refractivity contribution in [1.82, 2.24) is 4.98 Å². The summed E-state index contributed by atoms with van der Waals surface area (Å²) in [5, 5.41) is 9.80. The first-order chi connectivity index (χ1) is 7.68. The summed E-state index contributed by atoms with van der Waals surface area (Å²) in [6.45, 7) is 1.47. The molecular formula is C13H11NO2. The number of hydrogen-bond donors (Lipinski definition) is 1. The monoisotopic (exact) mass is 213 g/mol. The van der Waals surface area contributed by atoms with E-state index in [4.69, 9.17) is 0 Å². The number of benzene rings is 1. The topological polar surface area (TPSA) is 50.2 Å². The fourth-order valence-corrected chi connectivity index (χ4v) is 1.49. The number of hydrogen-bond acceptors (Lipinski definition) is 3. The van der Waals surface area contributed by atoms with Crippen LogP contribution in [0.5, 0.6) is 5.75 Å². The van der Waals surface area contributed by atoms with Crippen molar-refractivity contribution in [2.45, 2.75) is 6.92 Å². The van der Waals surface area contributed by atoms with Gasteiger partial charge in [-0.05, 0) is 31.2 Å². The molecule has 0 fully saturated rings. The van der Waals surface area contributed by atoms with Crippen molar-refractivity contribution < 1.29 is 9.90 Å². The molecule has 0 aliphatic carbocycles. The van der Waals surface area contributed by atoms with Crippen LogP contribution in [-0.2, 0) is 0 Å². The average Bonchev–Trinajstić information content (AvgIpc) is 2.30. The second-order valence-electron chi connectivity index (χ2n) is 3.50. The van der Waals surface area contributed by atoms with Gasteiger partial charge in [0.15, 0.2) is 5.78 Å². The van der Waals surface area contributed by atoms with Gasteiger partial charge in [0.2, 0.25) is 0 Å². The maximum Gasteiger partial charge on any atom is 0.159 e. The molecule has 1 aromatic heterocycles. The molecule has 2 aromatic rings. The lowest BCUT2D eigenvalue weighted by Gasteiger charge is -2.04. The van der Waals surface area contributed by atoms with Gasteiger partial charge < -0.3 is 5.11 Å². The molecule has 3 heteroatoms. The molecule has 0 saturated heterocycles. The van der Waals surface area contributed by atoms with Crippen LogP contribution >= 0.6 is 0 Å². The van der Waals surface area contributed by atoms with Crippen molar-refractivity contribution in [3.63, 3.8) is 0 Å². The van der Waals surface area contributed by atoms with Gasteiger partial charge in [-0.2, -0.15) is 0 Å². The molecule has 0 saturated carbocycles. The number of aromatic hydroxyl groups is 1. The van der Waals surface area contributed by atoms with Crippen LogP contribution in [0.2, 0.25) is 0 Å². The Morgan fingerprint density at radius 1 is 1.25 bits per heavy atom. The van der Waals surface area contributed by atoms with E-state index in [1.54, 1.807) is 18.3 Å². The number of phenols is 1. The summed E-state index contributed by atoms with van der Waals surface area (Å²) in [5.41, 5.74) is 1.82. The predicted molar refractivity (Wildman–Crippen MR) is 61.3 cm³/mol. The van der Waals surface area contributed by atoms with Crippen molar-refractivity contribution in [3.8, 4) is 17.0 Å².